The van der Waals surface area contributed by atoms with Crippen molar-refractivity contribution in [1.29, 1.82) is 5.26 Å². The molecule has 0 aliphatic rings. The third-order valence-corrected chi connectivity index (χ3v) is 3.58. The first-order valence-corrected chi connectivity index (χ1v) is 6.84. The van der Waals surface area contributed by atoms with Gasteiger partial charge in [-0.2, -0.15) is 5.26 Å². The Morgan fingerprint density at radius 1 is 1.05 bits per heavy atom. The number of nitrogens with zero attached hydrogens (tertiary/aromatic N) is 2. The first-order chi connectivity index (χ1) is 10.3. The Hall–Kier alpha value is -2.86. The topological polar surface area (TPSA) is 48.7 Å². The molecule has 0 radical (unpaired) electrons. The van der Waals surface area contributed by atoms with Gasteiger partial charge >= 0.3 is 0 Å². The average molecular weight is 273 g/mol. The maximum atomic E-state index is 9.55. The van der Waals surface area contributed by atoms with Crippen molar-refractivity contribution in [2.45, 2.75) is 13.0 Å². The molecule has 0 aliphatic carbocycles. The van der Waals surface area contributed by atoms with Gasteiger partial charge in [-0.25, -0.2) is 0 Å². The highest BCUT2D eigenvalue weighted by atomic mass is 14.9. The van der Waals surface area contributed by atoms with Crippen LogP contribution in [0.25, 0.3) is 10.8 Å². The Bertz CT molecular complexity index is 813. The molecule has 2 aromatic carbocycles. The number of benzene rings is 2. The number of hydrogen-bond donors (Lipinski definition) is 1. The van der Waals surface area contributed by atoms with Gasteiger partial charge in [-0.05, 0) is 23.9 Å². The second kappa shape index (κ2) is 5.64. The molecule has 0 bridgehead atoms. The lowest BCUT2D eigenvalue weighted by atomic mass is 10.0. The Labute approximate surface area is 123 Å². The molecule has 0 aliphatic heterocycles. The van der Waals surface area contributed by atoms with Gasteiger partial charge in [0.1, 0.15) is 6.04 Å². The zero-order valence-corrected chi connectivity index (χ0v) is 11.7. The zero-order valence-electron chi connectivity index (χ0n) is 11.7. The number of nitrogens with one attached hydrogen (secondary N) is 1. The molecule has 3 nitrogen and oxygen atoms in total. The number of pyridine rings is 1. The van der Waals surface area contributed by atoms with Crippen molar-refractivity contribution in [2.75, 3.05) is 5.32 Å². The van der Waals surface area contributed by atoms with E-state index < -0.39 is 6.04 Å². The minimum atomic E-state index is -0.426. The number of para-hydroxylation sites is 1. The highest BCUT2D eigenvalue weighted by Crippen LogP contribution is 2.26. The number of hydrogen-bond acceptors (Lipinski definition) is 3. The Morgan fingerprint density at radius 3 is 2.62 bits per heavy atom. The van der Waals surface area contributed by atoms with Crippen LogP contribution >= 0.6 is 0 Å². The molecule has 1 heterocycles. The fourth-order valence-electron chi connectivity index (χ4n) is 2.44. The van der Waals surface area contributed by atoms with Crippen LogP contribution in [0.5, 0.6) is 0 Å². The van der Waals surface area contributed by atoms with Crippen molar-refractivity contribution in [3.63, 3.8) is 0 Å². The van der Waals surface area contributed by atoms with E-state index in [1.165, 1.54) is 0 Å². The SMILES string of the molecule is Cc1ccccc1NC(C#N)c1cncc2ccccc12. The summed E-state index contributed by atoms with van der Waals surface area (Å²) in [5, 5.41) is 15.0. The molecule has 0 fully saturated rings. The molecule has 102 valence electrons. The summed E-state index contributed by atoms with van der Waals surface area (Å²) in [6.07, 6.45) is 3.59. The molecule has 1 atom stereocenters. The molecule has 0 spiro atoms. The predicted octanol–water partition coefficient (Wildman–Crippen LogP) is 4.22. The van der Waals surface area contributed by atoms with E-state index >= 15 is 0 Å². The molecular weight excluding hydrogens is 258 g/mol. The molecule has 1 N–H and O–H groups in total. The first kappa shape index (κ1) is 13.1. The highest BCUT2D eigenvalue weighted by Gasteiger charge is 2.14. The summed E-state index contributed by atoms with van der Waals surface area (Å²) in [4.78, 5) is 4.25. The molecular formula is C18H15N3. The molecule has 0 saturated carbocycles. The van der Waals surface area contributed by atoms with E-state index in [4.69, 9.17) is 0 Å². The standard InChI is InChI=1S/C18H15N3/c1-13-6-2-5-9-17(13)21-18(10-19)16-12-20-11-14-7-3-4-8-15(14)16/h2-9,11-12,18,21H,1H3. The highest BCUT2D eigenvalue weighted by molar-refractivity contribution is 5.85. The van der Waals surface area contributed by atoms with Gasteiger partial charge in [-0.15, -0.1) is 0 Å². The second-order valence-corrected chi connectivity index (χ2v) is 4.97. The number of nitriles is 1. The Balaban J connectivity index is 2.04. The fourth-order valence-corrected chi connectivity index (χ4v) is 2.44. The third kappa shape index (κ3) is 2.56. The van der Waals surface area contributed by atoms with Crippen LogP contribution in [0.2, 0.25) is 0 Å². The summed E-state index contributed by atoms with van der Waals surface area (Å²) in [7, 11) is 0. The van der Waals surface area contributed by atoms with Crippen LogP contribution in [0.15, 0.2) is 60.9 Å². The van der Waals surface area contributed by atoms with Crippen LogP contribution in [-0.2, 0) is 0 Å². The Kier molecular flexibility index (Phi) is 3.53. The van der Waals surface area contributed by atoms with Crippen molar-refractivity contribution >= 4 is 16.5 Å². The van der Waals surface area contributed by atoms with E-state index in [9.17, 15) is 5.26 Å². The molecule has 3 aromatic rings. The summed E-state index contributed by atoms with van der Waals surface area (Å²) in [6, 6.07) is 17.9. The summed E-state index contributed by atoms with van der Waals surface area (Å²) >= 11 is 0. The lowest BCUT2D eigenvalue weighted by Crippen LogP contribution is -2.10. The van der Waals surface area contributed by atoms with Gasteiger partial charge in [0, 0.05) is 29.0 Å². The zero-order chi connectivity index (χ0) is 14.7. The molecule has 0 saturated heterocycles. The number of aromatic nitrogens is 1. The number of aryl methyl sites for hydroxylation is 1. The van der Waals surface area contributed by atoms with E-state index in [-0.39, 0.29) is 0 Å². The molecule has 1 unspecified atom stereocenters. The van der Waals surface area contributed by atoms with E-state index in [2.05, 4.69) is 16.4 Å². The van der Waals surface area contributed by atoms with E-state index in [0.29, 0.717) is 0 Å². The van der Waals surface area contributed by atoms with E-state index in [1.807, 2.05) is 61.7 Å². The normalized spacial score (nSPS) is 11.8. The summed E-state index contributed by atoms with van der Waals surface area (Å²) < 4.78 is 0. The summed E-state index contributed by atoms with van der Waals surface area (Å²) in [6.45, 7) is 2.03. The third-order valence-electron chi connectivity index (χ3n) is 3.58. The van der Waals surface area contributed by atoms with Gasteiger partial charge in [-0.3, -0.25) is 4.98 Å². The number of rotatable bonds is 3. The van der Waals surface area contributed by atoms with Gasteiger partial charge in [0.15, 0.2) is 0 Å². The second-order valence-electron chi connectivity index (χ2n) is 4.97. The van der Waals surface area contributed by atoms with Gasteiger partial charge in [-0.1, -0.05) is 42.5 Å². The van der Waals surface area contributed by atoms with Crippen molar-refractivity contribution in [3.8, 4) is 6.07 Å². The maximum absolute atomic E-state index is 9.55. The lowest BCUT2D eigenvalue weighted by Gasteiger charge is -2.16. The largest absolute Gasteiger partial charge is 0.366 e. The van der Waals surface area contributed by atoms with Crippen molar-refractivity contribution < 1.29 is 0 Å². The minimum absolute atomic E-state index is 0.426. The monoisotopic (exact) mass is 273 g/mol. The summed E-state index contributed by atoms with van der Waals surface area (Å²) in [5.41, 5.74) is 2.99. The van der Waals surface area contributed by atoms with Crippen LogP contribution < -0.4 is 5.32 Å². The maximum Gasteiger partial charge on any atom is 0.142 e. The first-order valence-electron chi connectivity index (χ1n) is 6.84. The molecule has 21 heavy (non-hydrogen) atoms. The number of anilines is 1. The van der Waals surface area contributed by atoms with Crippen LogP contribution in [-0.4, -0.2) is 4.98 Å². The van der Waals surface area contributed by atoms with Crippen molar-refractivity contribution in [2.24, 2.45) is 0 Å². The molecule has 0 amide bonds. The van der Waals surface area contributed by atoms with Crippen molar-refractivity contribution in [3.05, 3.63) is 72.1 Å². The van der Waals surface area contributed by atoms with Crippen molar-refractivity contribution in [1.82, 2.24) is 4.98 Å². The van der Waals surface area contributed by atoms with Crippen LogP contribution in [0.1, 0.15) is 17.2 Å². The van der Waals surface area contributed by atoms with E-state index in [0.717, 1.165) is 27.6 Å². The van der Waals surface area contributed by atoms with Crippen LogP contribution in [0.3, 0.4) is 0 Å². The average Bonchev–Trinajstić information content (AvgIpc) is 2.54. The fraction of sp³-hybridized carbons (Fsp3) is 0.111. The quantitative estimate of drug-likeness (QED) is 0.777. The molecule has 3 rings (SSSR count). The van der Waals surface area contributed by atoms with Gasteiger partial charge in [0.2, 0.25) is 0 Å². The lowest BCUT2D eigenvalue weighted by molar-refractivity contribution is 0.993. The van der Waals surface area contributed by atoms with Gasteiger partial charge < -0.3 is 5.32 Å². The van der Waals surface area contributed by atoms with Crippen LogP contribution in [0.4, 0.5) is 5.69 Å². The predicted molar refractivity (Wildman–Crippen MR) is 84.9 cm³/mol. The van der Waals surface area contributed by atoms with Gasteiger partial charge in [0.05, 0.1) is 6.07 Å². The minimum Gasteiger partial charge on any atom is -0.366 e. The van der Waals surface area contributed by atoms with Gasteiger partial charge in [0.25, 0.3) is 0 Å². The smallest absolute Gasteiger partial charge is 0.142 e. The number of fused-ring (bicyclic) bond motifs is 1. The summed E-state index contributed by atoms with van der Waals surface area (Å²) in [5.74, 6) is 0. The van der Waals surface area contributed by atoms with Crippen LogP contribution in [0, 0.1) is 18.3 Å². The van der Waals surface area contributed by atoms with E-state index in [1.54, 1.807) is 6.20 Å². The Morgan fingerprint density at radius 2 is 1.81 bits per heavy atom. The molecule has 3 heteroatoms. The molecule has 1 aromatic heterocycles.